The van der Waals surface area contributed by atoms with Crippen molar-refractivity contribution in [3.8, 4) is 5.75 Å². The SMILES string of the molecule is Cc1cc(N2CCN(C(=O)CCOc3ccc([N+](=O)[O-])cc3C)CC2)c(C)cc1C=O. The number of aldehydes is 1. The van der Waals surface area contributed by atoms with E-state index in [2.05, 4.69) is 4.90 Å². The summed E-state index contributed by atoms with van der Waals surface area (Å²) in [6.45, 7) is 8.62. The van der Waals surface area contributed by atoms with Crippen molar-refractivity contribution in [1.82, 2.24) is 4.90 Å². The molecule has 0 N–H and O–H groups in total. The fourth-order valence-electron chi connectivity index (χ4n) is 3.80. The number of carbonyl (C=O) groups is 2. The number of nitro benzene ring substituents is 1. The summed E-state index contributed by atoms with van der Waals surface area (Å²) in [6, 6.07) is 8.37. The summed E-state index contributed by atoms with van der Waals surface area (Å²) in [6.07, 6.45) is 1.13. The van der Waals surface area contributed by atoms with Gasteiger partial charge in [0.1, 0.15) is 12.0 Å². The number of anilines is 1. The van der Waals surface area contributed by atoms with Crippen LogP contribution in [0.2, 0.25) is 0 Å². The van der Waals surface area contributed by atoms with E-state index in [0.29, 0.717) is 30.0 Å². The molecule has 1 saturated heterocycles. The van der Waals surface area contributed by atoms with E-state index in [1.807, 2.05) is 30.9 Å². The van der Waals surface area contributed by atoms with E-state index in [-0.39, 0.29) is 24.6 Å². The lowest BCUT2D eigenvalue weighted by Crippen LogP contribution is -2.49. The Morgan fingerprint density at radius 3 is 2.39 bits per heavy atom. The number of hydrogen-bond acceptors (Lipinski definition) is 6. The third kappa shape index (κ3) is 5.20. The van der Waals surface area contributed by atoms with Crippen molar-refractivity contribution in [1.29, 1.82) is 0 Å². The molecule has 0 unspecified atom stereocenters. The first-order valence-electron chi connectivity index (χ1n) is 10.3. The number of carbonyl (C=O) groups excluding carboxylic acids is 2. The number of rotatable bonds is 7. The molecule has 1 aliphatic rings. The lowest BCUT2D eigenvalue weighted by atomic mass is 10.0. The first kappa shape index (κ1) is 22.3. The summed E-state index contributed by atoms with van der Waals surface area (Å²) in [5.41, 5.74) is 4.50. The molecule has 0 radical (unpaired) electrons. The molecular weight excluding hydrogens is 398 g/mol. The van der Waals surface area contributed by atoms with Gasteiger partial charge in [-0.05, 0) is 55.7 Å². The van der Waals surface area contributed by atoms with E-state index >= 15 is 0 Å². The Kier molecular flexibility index (Phi) is 6.89. The molecule has 0 saturated carbocycles. The van der Waals surface area contributed by atoms with Gasteiger partial charge in [-0.1, -0.05) is 0 Å². The highest BCUT2D eigenvalue weighted by atomic mass is 16.6. The molecule has 164 valence electrons. The van der Waals surface area contributed by atoms with Crippen LogP contribution < -0.4 is 9.64 Å². The minimum absolute atomic E-state index is 0.0185. The molecule has 8 heteroatoms. The first-order chi connectivity index (χ1) is 14.8. The van der Waals surface area contributed by atoms with Gasteiger partial charge < -0.3 is 14.5 Å². The highest BCUT2D eigenvalue weighted by Crippen LogP contribution is 2.26. The number of piperazine rings is 1. The summed E-state index contributed by atoms with van der Waals surface area (Å²) in [4.78, 5) is 38.1. The quantitative estimate of drug-likeness (QED) is 0.383. The number of nitrogens with zero attached hydrogens (tertiary/aromatic N) is 3. The molecule has 31 heavy (non-hydrogen) atoms. The van der Waals surface area contributed by atoms with Gasteiger partial charge in [0.15, 0.2) is 0 Å². The Morgan fingerprint density at radius 1 is 1.06 bits per heavy atom. The third-order valence-corrected chi connectivity index (χ3v) is 5.63. The van der Waals surface area contributed by atoms with Gasteiger partial charge in [0.25, 0.3) is 5.69 Å². The van der Waals surface area contributed by atoms with Gasteiger partial charge >= 0.3 is 0 Å². The Labute approximate surface area is 181 Å². The zero-order valence-corrected chi connectivity index (χ0v) is 18.1. The predicted octanol–water partition coefficient (Wildman–Crippen LogP) is 3.45. The molecule has 0 aromatic heterocycles. The second-order valence-corrected chi connectivity index (χ2v) is 7.79. The Morgan fingerprint density at radius 2 is 1.77 bits per heavy atom. The predicted molar refractivity (Wildman–Crippen MR) is 118 cm³/mol. The average Bonchev–Trinajstić information content (AvgIpc) is 2.76. The first-order valence-corrected chi connectivity index (χ1v) is 10.3. The number of amides is 1. The van der Waals surface area contributed by atoms with E-state index in [1.165, 1.54) is 12.1 Å². The highest BCUT2D eigenvalue weighted by molar-refractivity contribution is 5.80. The molecule has 1 heterocycles. The maximum Gasteiger partial charge on any atom is 0.269 e. The zero-order valence-electron chi connectivity index (χ0n) is 18.1. The van der Waals surface area contributed by atoms with Gasteiger partial charge in [0.2, 0.25) is 5.91 Å². The van der Waals surface area contributed by atoms with Crippen molar-refractivity contribution in [3.05, 3.63) is 62.7 Å². The molecule has 3 rings (SSSR count). The smallest absolute Gasteiger partial charge is 0.269 e. The van der Waals surface area contributed by atoms with Gasteiger partial charge in [-0.2, -0.15) is 0 Å². The second-order valence-electron chi connectivity index (χ2n) is 7.79. The summed E-state index contributed by atoms with van der Waals surface area (Å²) in [5.74, 6) is 0.580. The number of aryl methyl sites for hydroxylation is 3. The number of benzene rings is 2. The summed E-state index contributed by atoms with van der Waals surface area (Å²) in [5, 5.41) is 10.8. The van der Waals surface area contributed by atoms with Crippen LogP contribution in [0.4, 0.5) is 11.4 Å². The molecule has 1 amide bonds. The van der Waals surface area contributed by atoms with E-state index in [4.69, 9.17) is 4.74 Å². The molecule has 2 aromatic carbocycles. The topological polar surface area (TPSA) is 93.0 Å². The Balaban J connectivity index is 1.50. The van der Waals surface area contributed by atoms with Gasteiger partial charge in [-0.3, -0.25) is 19.7 Å². The van der Waals surface area contributed by atoms with Crippen LogP contribution in [0.5, 0.6) is 5.75 Å². The number of hydrogen-bond donors (Lipinski definition) is 0. The maximum atomic E-state index is 12.6. The summed E-state index contributed by atoms with van der Waals surface area (Å²) in [7, 11) is 0. The normalized spacial score (nSPS) is 13.8. The van der Waals surface area contributed by atoms with Gasteiger partial charge in [0, 0.05) is 49.6 Å². The van der Waals surface area contributed by atoms with Gasteiger partial charge in [-0.25, -0.2) is 0 Å². The lowest BCUT2D eigenvalue weighted by molar-refractivity contribution is -0.384. The lowest BCUT2D eigenvalue weighted by Gasteiger charge is -2.37. The summed E-state index contributed by atoms with van der Waals surface area (Å²) >= 11 is 0. The van der Waals surface area contributed by atoms with Crippen LogP contribution in [0.3, 0.4) is 0 Å². The van der Waals surface area contributed by atoms with Crippen LogP contribution in [0.15, 0.2) is 30.3 Å². The van der Waals surface area contributed by atoms with Crippen molar-refractivity contribution >= 4 is 23.6 Å². The second kappa shape index (κ2) is 9.59. The van der Waals surface area contributed by atoms with E-state index in [1.54, 1.807) is 13.0 Å². The van der Waals surface area contributed by atoms with Crippen LogP contribution in [0, 0.1) is 30.9 Å². The maximum absolute atomic E-state index is 12.6. The molecule has 8 nitrogen and oxygen atoms in total. The Bertz CT molecular complexity index is 997. The van der Waals surface area contributed by atoms with Crippen LogP contribution in [0.1, 0.15) is 33.5 Å². The fraction of sp³-hybridized carbons (Fsp3) is 0.391. The average molecular weight is 425 g/mol. The fourth-order valence-corrected chi connectivity index (χ4v) is 3.80. The number of nitro groups is 1. The van der Waals surface area contributed by atoms with Crippen molar-refractivity contribution < 1.29 is 19.2 Å². The van der Waals surface area contributed by atoms with Gasteiger partial charge in [0.05, 0.1) is 18.0 Å². The molecule has 0 aliphatic carbocycles. The van der Waals surface area contributed by atoms with Crippen LogP contribution in [-0.2, 0) is 4.79 Å². The molecule has 0 spiro atoms. The van der Waals surface area contributed by atoms with Crippen molar-refractivity contribution in [2.24, 2.45) is 0 Å². The van der Waals surface area contributed by atoms with Crippen molar-refractivity contribution in [3.63, 3.8) is 0 Å². The highest BCUT2D eigenvalue weighted by Gasteiger charge is 2.22. The van der Waals surface area contributed by atoms with Gasteiger partial charge in [-0.15, -0.1) is 0 Å². The van der Waals surface area contributed by atoms with E-state index in [9.17, 15) is 19.7 Å². The number of non-ortho nitro benzene ring substituents is 1. The minimum atomic E-state index is -0.445. The number of ether oxygens (including phenoxy) is 1. The third-order valence-electron chi connectivity index (χ3n) is 5.63. The zero-order chi connectivity index (χ0) is 22.5. The molecule has 1 aliphatic heterocycles. The molecular formula is C23H27N3O5. The van der Waals surface area contributed by atoms with Crippen LogP contribution in [-0.4, -0.2) is 54.8 Å². The van der Waals surface area contributed by atoms with Crippen molar-refractivity contribution in [2.75, 3.05) is 37.7 Å². The van der Waals surface area contributed by atoms with Crippen LogP contribution in [0.25, 0.3) is 0 Å². The van der Waals surface area contributed by atoms with Crippen LogP contribution >= 0.6 is 0 Å². The molecule has 0 bridgehead atoms. The molecule has 0 atom stereocenters. The Hall–Kier alpha value is -3.42. The molecule has 1 fully saturated rings. The standard InChI is InChI=1S/C23H27N3O5/c1-16-14-21(17(2)12-19(16)15-27)24-7-9-25(10-8-24)23(28)6-11-31-22-5-4-20(26(29)30)13-18(22)3/h4-5,12-15H,6-11H2,1-3H3. The van der Waals surface area contributed by atoms with E-state index in [0.717, 1.165) is 36.2 Å². The minimum Gasteiger partial charge on any atom is -0.493 e. The monoisotopic (exact) mass is 425 g/mol. The summed E-state index contributed by atoms with van der Waals surface area (Å²) < 4.78 is 5.67. The largest absolute Gasteiger partial charge is 0.493 e. The van der Waals surface area contributed by atoms with E-state index < -0.39 is 4.92 Å². The molecule has 2 aromatic rings. The van der Waals surface area contributed by atoms with Crippen molar-refractivity contribution in [2.45, 2.75) is 27.2 Å².